The average molecular weight is 453 g/mol. The normalized spacial score (nSPS) is 21.1. The van der Waals surface area contributed by atoms with Gasteiger partial charge in [0, 0.05) is 0 Å². The lowest BCUT2D eigenvalue weighted by Gasteiger charge is -2.39. The topological polar surface area (TPSA) is 76.0 Å². The smallest absolute Gasteiger partial charge is 0.417 e. The third kappa shape index (κ3) is 6.06. The number of nitroso groups, excluding NO2 is 1. The summed E-state index contributed by atoms with van der Waals surface area (Å²) in [6, 6.07) is 9.26. The summed E-state index contributed by atoms with van der Waals surface area (Å²) in [6.45, 7) is 9.75. The van der Waals surface area contributed by atoms with Crippen LogP contribution in [0.1, 0.15) is 58.4 Å². The van der Waals surface area contributed by atoms with Crippen LogP contribution >= 0.6 is 0 Å². The van der Waals surface area contributed by atoms with Crippen LogP contribution in [-0.4, -0.2) is 35.1 Å². The number of nitrogens with zero attached hydrogens (tertiary/aromatic N) is 2. The van der Waals surface area contributed by atoms with Crippen LogP contribution in [0.5, 0.6) is 0 Å². The Morgan fingerprint density at radius 3 is 2.48 bits per heavy atom. The number of hydrogen-bond acceptors (Lipinski definition) is 5. The van der Waals surface area contributed by atoms with E-state index in [-0.39, 0.29) is 6.61 Å². The van der Waals surface area contributed by atoms with Crippen molar-refractivity contribution in [1.82, 2.24) is 4.90 Å². The lowest BCUT2D eigenvalue weighted by atomic mass is 9.69. The quantitative estimate of drug-likeness (QED) is 0.339. The van der Waals surface area contributed by atoms with Gasteiger partial charge in [-0.2, -0.15) is 4.91 Å². The van der Waals surface area contributed by atoms with Gasteiger partial charge in [-0.1, -0.05) is 99.5 Å². The fourth-order valence-electron chi connectivity index (χ4n) is 4.76. The summed E-state index contributed by atoms with van der Waals surface area (Å²) in [6.07, 6.45) is 10.5. The zero-order valence-corrected chi connectivity index (χ0v) is 20.0. The Labute approximate surface area is 197 Å². The summed E-state index contributed by atoms with van der Waals surface area (Å²) in [5.41, 5.74) is 0.572. The minimum Gasteiger partial charge on any atom is -0.447 e. The molecule has 178 valence electrons. The molecule has 1 heterocycles. The molecule has 2 aliphatic rings. The highest BCUT2D eigenvalue weighted by atomic mass is 16.6. The van der Waals surface area contributed by atoms with Gasteiger partial charge in [0.15, 0.2) is 0 Å². The maximum Gasteiger partial charge on any atom is 0.417 e. The van der Waals surface area contributed by atoms with Gasteiger partial charge in [0.2, 0.25) is 5.91 Å². The van der Waals surface area contributed by atoms with Crippen molar-refractivity contribution in [3.63, 3.8) is 0 Å². The second-order valence-electron chi connectivity index (χ2n) is 8.22. The molecule has 0 aromatic heterocycles. The van der Waals surface area contributed by atoms with Crippen molar-refractivity contribution < 1.29 is 14.3 Å². The molecule has 0 radical (unpaired) electrons. The molecule has 6 nitrogen and oxygen atoms in total. The first-order valence-electron chi connectivity index (χ1n) is 11.9. The van der Waals surface area contributed by atoms with E-state index in [1.54, 1.807) is 18.2 Å². The van der Waals surface area contributed by atoms with Crippen LogP contribution in [-0.2, 0) is 16.0 Å². The second kappa shape index (κ2) is 12.9. The fraction of sp³-hybridized carbons (Fsp3) is 0.481. The monoisotopic (exact) mass is 452 g/mol. The number of cyclic esters (lactones) is 1. The van der Waals surface area contributed by atoms with Gasteiger partial charge in [0.25, 0.3) is 0 Å². The molecule has 1 aliphatic heterocycles. The van der Waals surface area contributed by atoms with Crippen LogP contribution in [0.3, 0.4) is 0 Å². The van der Waals surface area contributed by atoms with Gasteiger partial charge >= 0.3 is 6.09 Å². The summed E-state index contributed by atoms with van der Waals surface area (Å²) in [5.74, 6) is -1.28. The van der Waals surface area contributed by atoms with E-state index < -0.39 is 29.5 Å². The van der Waals surface area contributed by atoms with Crippen molar-refractivity contribution in [3.8, 4) is 0 Å². The molecule has 6 heteroatoms. The second-order valence-corrected chi connectivity index (χ2v) is 8.22. The van der Waals surface area contributed by atoms with Gasteiger partial charge in [-0.15, -0.1) is 0 Å². The number of rotatable bonds is 8. The van der Waals surface area contributed by atoms with E-state index in [1.165, 1.54) is 4.90 Å². The van der Waals surface area contributed by atoms with E-state index in [0.29, 0.717) is 24.8 Å². The third-order valence-corrected chi connectivity index (χ3v) is 6.20. The first-order chi connectivity index (χ1) is 16.1. The number of hydrogen-bond donors (Lipinski definition) is 0. The van der Waals surface area contributed by atoms with E-state index in [9.17, 15) is 14.5 Å². The highest BCUT2D eigenvalue weighted by Crippen LogP contribution is 2.43. The predicted octanol–water partition coefficient (Wildman–Crippen LogP) is 6.38. The van der Waals surface area contributed by atoms with Crippen molar-refractivity contribution >= 4 is 12.0 Å². The Balaban J connectivity index is 0.00000187. The summed E-state index contributed by atoms with van der Waals surface area (Å²) in [5, 5.41) is 3.53. The minimum absolute atomic E-state index is 0.137. The van der Waals surface area contributed by atoms with Crippen molar-refractivity contribution in [2.24, 2.45) is 11.1 Å². The standard InChI is InChI=1S/C25H30N2O4.C2H6/c1-3-11-20(12-4-2)22(25(26-30)15-9-6-10-16-25)23(28)27-21(18-31-24(27)29)17-19-13-7-5-8-14-19;1-2/h3-5,7-8,11-14,21-22H,1,6,9-10,15-18H2,2H3;1-2H3/b12-4-,20-11+;. The van der Waals surface area contributed by atoms with Gasteiger partial charge < -0.3 is 4.74 Å². The summed E-state index contributed by atoms with van der Waals surface area (Å²) < 4.78 is 5.27. The number of imide groups is 1. The Hall–Kier alpha value is -3.02. The molecule has 2 atom stereocenters. The Kier molecular flexibility index (Phi) is 10.2. The van der Waals surface area contributed by atoms with Gasteiger partial charge in [-0.3, -0.25) is 4.79 Å². The molecule has 2 amide bonds. The van der Waals surface area contributed by atoms with Crippen LogP contribution < -0.4 is 0 Å². The van der Waals surface area contributed by atoms with Crippen molar-refractivity contribution in [1.29, 1.82) is 0 Å². The molecule has 3 rings (SSSR count). The lowest BCUT2D eigenvalue weighted by Crippen LogP contribution is -2.52. The molecular weight excluding hydrogens is 416 g/mol. The van der Waals surface area contributed by atoms with E-state index in [2.05, 4.69) is 11.8 Å². The van der Waals surface area contributed by atoms with Crippen LogP contribution in [0, 0.1) is 10.8 Å². The van der Waals surface area contributed by atoms with Gasteiger partial charge in [-0.05, 0) is 37.3 Å². The van der Waals surface area contributed by atoms with E-state index >= 15 is 0 Å². The lowest BCUT2D eigenvalue weighted by molar-refractivity contribution is -0.134. The molecule has 1 saturated heterocycles. The minimum atomic E-state index is -1.08. The Morgan fingerprint density at radius 2 is 1.91 bits per heavy atom. The van der Waals surface area contributed by atoms with Crippen molar-refractivity contribution in [3.05, 3.63) is 77.3 Å². The largest absolute Gasteiger partial charge is 0.447 e. The highest BCUT2D eigenvalue weighted by Gasteiger charge is 2.51. The number of amides is 2. The highest BCUT2D eigenvalue weighted by molar-refractivity contribution is 5.97. The molecular formula is C27H36N2O4. The Morgan fingerprint density at radius 1 is 1.24 bits per heavy atom. The zero-order chi connectivity index (χ0) is 24.3. The molecule has 2 unspecified atom stereocenters. The van der Waals surface area contributed by atoms with Gasteiger partial charge in [-0.25, -0.2) is 9.69 Å². The van der Waals surface area contributed by atoms with Crippen LogP contribution in [0.25, 0.3) is 0 Å². The summed E-state index contributed by atoms with van der Waals surface area (Å²) in [7, 11) is 0. The predicted molar refractivity (Wildman–Crippen MR) is 132 cm³/mol. The molecule has 1 saturated carbocycles. The van der Waals surface area contributed by atoms with Crippen molar-refractivity contribution in [2.45, 2.75) is 70.9 Å². The molecule has 0 N–H and O–H groups in total. The molecule has 1 aromatic carbocycles. The molecule has 0 spiro atoms. The fourth-order valence-corrected chi connectivity index (χ4v) is 4.76. The van der Waals surface area contributed by atoms with E-state index in [1.807, 2.05) is 57.2 Å². The van der Waals surface area contributed by atoms with E-state index in [4.69, 9.17) is 4.74 Å². The molecule has 33 heavy (non-hydrogen) atoms. The molecule has 2 fully saturated rings. The first-order valence-corrected chi connectivity index (χ1v) is 11.9. The number of benzene rings is 1. The third-order valence-electron chi connectivity index (χ3n) is 6.20. The molecule has 0 bridgehead atoms. The van der Waals surface area contributed by atoms with Gasteiger partial charge in [0.1, 0.15) is 12.1 Å². The van der Waals surface area contributed by atoms with E-state index in [0.717, 1.165) is 24.8 Å². The maximum atomic E-state index is 13.9. The maximum absolute atomic E-state index is 13.9. The van der Waals surface area contributed by atoms with Gasteiger partial charge in [0.05, 0.1) is 12.0 Å². The zero-order valence-electron chi connectivity index (χ0n) is 20.0. The first kappa shape index (κ1) is 26.2. The van der Waals surface area contributed by atoms with Crippen LogP contribution in [0.4, 0.5) is 4.79 Å². The Bertz CT molecular complexity index is 869. The summed E-state index contributed by atoms with van der Waals surface area (Å²) in [4.78, 5) is 40.0. The number of allylic oxidation sites excluding steroid dienone is 4. The van der Waals surface area contributed by atoms with Crippen LogP contribution in [0.15, 0.2) is 72.0 Å². The number of ether oxygens (including phenoxy) is 1. The average Bonchev–Trinajstić information content (AvgIpc) is 3.21. The number of carbonyl (C=O) groups excluding carboxylic acids is 2. The molecule has 1 aliphatic carbocycles. The number of carbonyl (C=O) groups is 2. The van der Waals surface area contributed by atoms with Crippen molar-refractivity contribution in [2.75, 3.05) is 6.61 Å². The molecule has 1 aromatic rings. The SMILES string of the molecule is C=C/C=C(\C=C/C)C(C(=O)N1C(=O)OCC1Cc1ccccc1)C1(N=O)CCCCC1.CC. The summed E-state index contributed by atoms with van der Waals surface area (Å²) >= 11 is 0. The van der Waals surface area contributed by atoms with Crippen LogP contribution in [0.2, 0.25) is 0 Å².